The molecule has 2 atom stereocenters. The van der Waals surface area contributed by atoms with E-state index in [9.17, 15) is 4.57 Å². The summed E-state index contributed by atoms with van der Waals surface area (Å²) in [5, 5.41) is 0. The van der Waals surface area contributed by atoms with E-state index in [4.69, 9.17) is 13.6 Å². The third kappa shape index (κ3) is 4.55. The number of phosphoric acid groups is 1. The largest absolute Gasteiger partial charge is 0.475 e. The molecule has 4 nitrogen and oxygen atoms in total. The molecule has 1 rings (SSSR count). The van der Waals surface area contributed by atoms with Gasteiger partial charge in [0.1, 0.15) is 0 Å². The van der Waals surface area contributed by atoms with E-state index >= 15 is 0 Å². The van der Waals surface area contributed by atoms with E-state index in [1.54, 1.807) is 13.8 Å². The van der Waals surface area contributed by atoms with Crippen molar-refractivity contribution in [3.05, 3.63) is 12.2 Å². The van der Waals surface area contributed by atoms with Crippen LogP contribution in [0.25, 0.3) is 0 Å². The van der Waals surface area contributed by atoms with E-state index in [1.807, 2.05) is 0 Å². The molecule has 100 valence electrons. The van der Waals surface area contributed by atoms with Gasteiger partial charge in [-0.3, -0.25) is 13.6 Å². The van der Waals surface area contributed by atoms with Crippen molar-refractivity contribution in [2.45, 2.75) is 46.1 Å². The van der Waals surface area contributed by atoms with Crippen molar-refractivity contribution in [3.63, 3.8) is 0 Å². The van der Waals surface area contributed by atoms with Crippen LogP contribution in [0.1, 0.15) is 40.0 Å². The number of hydrogen-bond acceptors (Lipinski definition) is 4. The second-order valence-electron chi connectivity index (χ2n) is 4.00. The van der Waals surface area contributed by atoms with E-state index in [1.165, 1.54) is 0 Å². The minimum atomic E-state index is -3.37. The Morgan fingerprint density at radius 3 is 2.41 bits per heavy atom. The molecule has 0 aromatic carbocycles. The lowest BCUT2D eigenvalue weighted by atomic mass is 9.91. The summed E-state index contributed by atoms with van der Waals surface area (Å²) in [5.74, 6) is 0.304. The van der Waals surface area contributed by atoms with Crippen LogP contribution in [0.5, 0.6) is 0 Å². The zero-order valence-corrected chi connectivity index (χ0v) is 11.8. The molecule has 0 aromatic heterocycles. The van der Waals surface area contributed by atoms with Crippen LogP contribution in [-0.2, 0) is 18.1 Å². The third-order valence-corrected chi connectivity index (χ3v) is 4.47. The third-order valence-electron chi connectivity index (χ3n) is 2.79. The molecule has 17 heavy (non-hydrogen) atoms. The minimum Gasteiger partial charge on any atom is -0.287 e. The van der Waals surface area contributed by atoms with Gasteiger partial charge in [-0.15, -0.1) is 0 Å². The van der Waals surface area contributed by atoms with Gasteiger partial charge >= 0.3 is 7.82 Å². The summed E-state index contributed by atoms with van der Waals surface area (Å²) in [6.07, 6.45) is 7.03. The molecule has 0 N–H and O–H groups in total. The van der Waals surface area contributed by atoms with Gasteiger partial charge in [-0.05, 0) is 33.1 Å². The summed E-state index contributed by atoms with van der Waals surface area (Å²) in [7, 11) is -3.37. The van der Waals surface area contributed by atoms with E-state index in [2.05, 4.69) is 19.1 Å². The lowest BCUT2D eigenvalue weighted by Gasteiger charge is -2.29. The average Bonchev–Trinajstić information content (AvgIpc) is 2.30. The van der Waals surface area contributed by atoms with E-state index in [0.717, 1.165) is 19.3 Å². The molecule has 0 bridgehead atoms. The molecule has 0 unspecified atom stereocenters. The minimum absolute atomic E-state index is 0.0612. The second-order valence-corrected chi connectivity index (χ2v) is 5.63. The number of allylic oxidation sites excluding steroid dienone is 1. The molecule has 0 saturated heterocycles. The van der Waals surface area contributed by atoms with Gasteiger partial charge in [0.2, 0.25) is 0 Å². The van der Waals surface area contributed by atoms with Gasteiger partial charge < -0.3 is 0 Å². The standard InChI is InChI=1S/C12H23O4P/c1-4-11-9-7-8-10-12(11)16-17(13,14-5-2)15-6-3/h7,9,11-12H,4-6,8,10H2,1-3H3/t11-,12-/m0/s1. The van der Waals surface area contributed by atoms with Gasteiger partial charge in [-0.25, -0.2) is 4.57 Å². The van der Waals surface area contributed by atoms with Crippen molar-refractivity contribution >= 4 is 7.82 Å². The summed E-state index contributed by atoms with van der Waals surface area (Å²) in [6, 6.07) is 0. The maximum absolute atomic E-state index is 12.3. The first-order valence-electron chi connectivity index (χ1n) is 6.39. The highest BCUT2D eigenvalue weighted by Gasteiger charge is 2.33. The molecule has 0 saturated carbocycles. The molecule has 0 radical (unpaired) electrons. The van der Waals surface area contributed by atoms with Crippen LogP contribution < -0.4 is 0 Å². The highest BCUT2D eigenvalue weighted by Crippen LogP contribution is 2.52. The predicted molar refractivity (Wildman–Crippen MR) is 67.9 cm³/mol. The molecular weight excluding hydrogens is 239 g/mol. The molecule has 5 heteroatoms. The van der Waals surface area contributed by atoms with E-state index in [-0.39, 0.29) is 6.10 Å². The fraction of sp³-hybridized carbons (Fsp3) is 0.833. The van der Waals surface area contributed by atoms with Crippen LogP contribution in [0.15, 0.2) is 12.2 Å². The highest BCUT2D eigenvalue weighted by molar-refractivity contribution is 7.48. The Hall–Kier alpha value is -0.150. The molecule has 0 fully saturated rings. The molecule has 0 amide bonds. The normalized spacial score (nSPS) is 25.1. The van der Waals surface area contributed by atoms with Crippen molar-refractivity contribution in [1.82, 2.24) is 0 Å². The van der Waals surface area contributed by atoms with E-state index < -0.39 is 7.82 Å². The van der Waals surface area contributed by atoms with Crippen molar-refractivity contribution in [3.8, 4) is 0 Å². The van der Waals surface area contributed by atoms with Gasteiger partial charge in [-0.1, -0.05) is 19.1 Å². The Labute approximate surface area is 104 Å². The van der Waals surface area contributed by atoms with Crippen LogP contribution in [-0.4, -0.2) is 19.3 Å². The van der Waals surface area contributed by atoms with Gasteiger partial charge in [-0.2, -0.15) is 0 Å². The molecule has 1 aliphatic rings. The van der Waals surface area contributed by atoms with Crippen molar-refractivity contribution < 1.29 is 18.1 Å². The number of phosphoric ester groups is 1. The predicted octanol–water partition coefficient (Wildman–Crippen LogP) is 3.93. The maximum Gasteiger partial charge on any atom is 0.475 e. The van der Waals surface area contributed by atoms with Crippen LogP contribution in [0.3, 0.4) is 0 Å². The van der Waals surface area contributed by atoms with Crippen molar-refractivity contribution in [2.75, 3.05) is 13.2 Å². The number of rotatable bonds is 7. The fourth-order valence-corrected chi connectivity index (χ4v) is 3.40. The summed E-state index contributed by atoms with van der Waals surface area (Å²) < 4.78 is 28.2. The Balaban J connectivity index is 2.65. The number of hydrogen-bond donors (Lipinski definition) is 0. The Morgan fingerprint density at radius 1 is 1.24 bits per heavy atom. The highest BCUT2D eigenvalue weighted by atomic mass is 31.2. The first-order chi connectivity index (χ1) is 8.15. The maximum atomic E-state index is 12.3. The first kappa shape index (κ1) is 14.9. The monoisotopic (exact) mass is 262 g/mol. The lowest BCUT2D eigenvalue weighted by Crippen LogP contribution is -2.24. The topological polar surface area (TPSA) is 44.8 Å². The molecule has 0 aromatic rings. The molecule has 0 aliphatic heterocycles. The van der Waals surface area contributed by atoms with Gasteiger partial charge in [0, 0.05) is 5.92 Å². The molecule has 0 spiro atoms. The molecule has 0 heterocycles. The second kappa shape index (κ2) is 7.32. The zero-order valence-electron chi connectivity index (χ0n) is 10.9. The van der Waals surface area contributed by atoms with Gasteiger partial charge in [0.15, 0.2) is 0 Å². The van der Waals surface area contributed by atoms with Crippen LogP contribution >= 0.6 is 7.82 Å². The lowest BCUT2D eigenvalue weighted by molar-refractivity contribution is 0.0576. The Bertz CT molecular complexity index is 280. The average molecular weight is 262 g/mol. The van der Waals surface area contributed by atoms with Crippen LogP contribution in [0, 0.1) is 5.92 Å². The zero-order chi connectivity index (χ0) is 12.7. The summed E-state index contributed by atoms with van der Waals surface area (Å²) >= 11 is 0. The fourth-order valence-electron chi connectivity index (χ4n) is 1.98. The van der Waals surface area contributed by atoms with E-state index in [0.29, 0.717) is 19.1 Å². The van der Waals surface area contributed by atoms with Gasteiger partial charge in [0.25, 0.3) is 0 Å². The Kier molecular flexibility index (Phi) is 6.42. The quantitative estimate of drug-likeness (QED) is 0.515. The van der Waals surface area contributed by atoms with Gasteiger partial charge in [0.05, 0.1) is 19.3 Å². The van der Waals surface area contributed by atoms with Crippen molar-refractivity contribution in [2.24, 2.45) is 5.92 Å². The van der Waals surface area contributed by atoms with Crippen molar-refractivity contribution in [1.29, 1.82) is 0 Å². The molecule has 1 aliphatic carbocycles. The smallest absolute Gasteiger partial charge is 0.287 e. The van der Waals surface area contributed by atoms with Crippen LogP contribution in [0.4, 0.5) is 0 Å². The first-order valence-corrected chi connectivity index (χ1v) is 7.85. The summed E-state index contributed by atoms with van der Waals surface area (Å²) in [4.78, 5) is 0. The Morgan fingerprint density at radius 2 is 1.88 bits per heavy atom. The summed E-state index contributed by atoms with van der Waals surface area (Å²) in [5.41, 5.74) is 0. The summed E-state index contributed by atoms with van der Waals surface area (Å²) in [6.45, 7) is 6.33. The molecular formula is C12H23O4P. The van der Waals surface area contributed by atoms with Crippen LogP contribution in [0.2, 0.25) is 0 Å². The SMILES string of the molecule is CCOP(=O)(OCC)O[C@H]1CCC=C[C@@H]1CC.